The second-order valence-electron chi connectivity index (χ2n) is 5.93. The van der Waals surface area contributed by atoms with Crippen molar-refractivity contribution in [1.29, 1.82) is 0 Å². The van der Waals surface area contributed by atoms with Gasteiger partial charge in [0.2, 0.25) is 5.91 Å². The SMILES string of the molecule is CC(N)=O.Cc1ccc(CC2=NNC(c3ccc(O)cc3)C2)cc1. The minimum Gasteiger partial charge on any atom is -0.508 e. The van der Waals surface area contributed by atoms with Crippen molar-refractivity contribution in [1.82, 2.24) is 5.43 Å². The van der Waals surface area contributed by atoms with Crippen molar-refractivity contribution in [3.63, 3.8) is 0 Å². The molecule has 0 fully saturated rings. The van der Waals surface area contributed by atoms with E-state index in [1.165, 1.54) is 23.8 Å². The summed E-state index contributed by atoms with van der Waals surface area (Å²) in [6.07, 6.45) is 1.81. The van der Waals surface area contributed by atoms with Gasteiger partial charge in [-0.2, -0.15) is 5.10 Å². The minimum atomic E-state index is -0.333. The number of amides is 1. The summed E-state index contributed by atoms with van der Waals surface area (Å²) < 4.78 is 0. The van der Waals surface area contributed by atoms with Gasteiger partial charge >= 0.3 is 0 Å². The Labute approximate surface area is 142 Å². The highest BCUT2D eigenvalue weighted by Crippen LogP contribution is 2.24. The van der Waals surface area contributed by atoms with Crippen LogP contribution in [-0.4, -0.2) is 16.7 Å². The Balaban J connectivity index is 0.000000471. The van der Waals surface area contributed by atoms with E-state index in [0.717, 1.165) is 18.4 Å². The Morgan fingerprint density at radius 3 is 2.38 bits per heavy atom. The Kier molecular flexibility index (Phi) is 5.95. The van der Waals surface area contributed by atoms with Crippen molar-refractivity contribution in [2.45, 2.75) is 32.7 Å². The molecule has 2 aromatic rings. The number of phenolic OH excluding ortho intramolecular Hbond substituents is 1. The maximum Gasteiger partial charge on any atom is 0.214 e. The minimum absolute atomic E-state index is 0.219. The molecular formula is C19H23N3O2. The second kappa shape index (κ2) is 8.15. The number of nitrogens with zero attached hydrogens (tertiary/aromatic N) is 1. The standard InChI is InChI=1S/C17H18N2O.C2H5NO/c1-12-2-4-13(5-3-12)10-15-11-17(19-18-15)14-6-8-16(20)9-7-14;1-2(3)4/h2-9,17,19-20H,10-11H2,1H3;1H3,(H2,3,4). The third kappa shape index (κ3) is 5.43. The number of rotatable bonds is 3. The molecular weight excluding hydrogens is 302 g/mol. The van der Waals surface area contributed by atoms with Gasteiger partial charge in [-0.05, 0) is 30.2 Å². The van der Waals surface area contributed by atoms with Crippen LogP contribution >= 0.6 is 0 Å². The van der Waals surface area contributed by atoms with Gasteiger partial charge in [0.1, 0.15) is 5.75 Å². The molecule has 1 aliphatic heterocycles. The van der Waals surface area contributed by atoms with Gasteiger partial charge in [0, 0.05) is 25.5 Å². The van der Waals surface area contributed by atoms with E-state index in [1.54, 1.807) is 12.1 Å². The topological polar surface area (TPSA) is 87.7 Å². The number of nitrogens with one attached hydrogen (secondary N) is 1. The van der Waals surface area contributed by atoms with Crippen LogP contribution in [0.5, 0.6) is 5.75 Å². The van der Waals surface area contributed by atoms with E-state index in [4.69, 9.17) is 0 Å². The van der Waals surface area contributed by atoms with Crippen LogP contribution in [0.2, 0.25) is 0 Å². The van der Waals surface area contributed by atoms with Crippen molar-refractivity contribution in [3.05, 3.63) is 65.2 Å². The molecule has 2 aromatic carbocycles. The number of nitrogens with two attached hydrogens (primary N) is 1. The molecule has 0 spiro atoms. The van der Waals surface area contributed by atoms with E-state index in [2.05, 4.69) is 47.5 Å². The molecule has 0 saturated heterocycles. The summed E-state index contributed by atoms with van der Waals surface area (Å²) in [6, 6.07) is 16.1. The number of aryl methyl sites for hydroxylation is 1. The summed E-state index contributed by atoms with van der Waals surface area (Å²) >= 11 is 0. The number of hydrogen-bond acceptors (Lipinski definition) is 4. The van der Waals surface area contributed by atoms with Crippen molar-refractivity contribution in [3.8, 4) is 5.75 Å². The lowest BCUT2D eigenvalue weighted by Gasteiger charge is -2.10. The Morgan fingerprint density at radius 1 is 1.21 bits per heavy atom. The summed E-state index contributed by atoms with van der Waals surface area (Å²) in [7, 11) is 0. The predicted molar refractivity (Wildman–Crippen MR) is 95.8 cm³/mol. The fourth-order valence-corrected chi connectivity index (χ4v) is 2.45. The zero-order valence-electron chi connectivity index (χ0n) is 14.0. The number of primary amides is 1. The molecule has 1 atom stereocenters. The van der Waals surface area contributed by atoms with Gasteiger partial charge in [0.05, 0.1) is 6.04 Å². The molecule has 126 valence electrons. The van der Waals surface area contributed by atoms with Crippen LogP contribution in [0.25, 0.3) is 0 Å². The first-order chi connectivity index (χ1) is 11.4. The molecule has 5 nitrogen and oxygen atoms in total. The van der Waals surface area contributed by atoms with Crippen LogP contribution in [0.1, 0.15) is 36.1 Å². The number of phenols is 1. The molecule has 0 radical (unpaired) electrons. The molecule has 3 rings (SSSR count). The molecule has 0 aromatic heterocycles. The number of carbonyl (C=O) groups is 1. The number of aromatic hydroxyl groups is 1. The quantitative estimate of drug-likeness (QED) is 0.811. The predicted octanol–water partition coefficient (Wildman–Crippen LogP) is 2.83. The molecule has 1 aliphatic rings. The molecule has 4 N–H and O–H groups in total. The zero-order chi connectivity index (χ0) is 17.5. The average Bonchev–Trinajstić information content (AvgIpc) is 2.98. The summed E-state index contributed by atoms with van der Waals surface area (Å²) in [4.78, 5) is 9.22. The molecule has 1 amide bonds. The highest BCUT2D eigenvalue weighted by Gasteiger charge is 2.19. The lowest BCUT2D eigenvalue weighted by Crippen LogP contribution is -2.09. The third-order valence-electron chi connectivity index (χ3n) is 3.64. The Bertz CT molecular complexity index is 702. The van der Waals surface area contributed by atoms with Crippen LogP contribution in [0.15, 0.2) is 53.6 Å². The first-order valence-electron chi connectivity index (χ1n) is 7.85. The van der Waals surface area contributed by atoms with Crippen LogP contribution < -0.4 is 11.2 Å². The van der Waals surface area contributed by atoms with Gasteiger partial charge in [-0.25, -0.2) is 0 Å². The van der Waals surface area contributed by atoms with Gasteiger partial charge in [0.15, 0.2) is 0 Å². The summed E-state index contributed by atoms with van der Waals surface area (Å²) in [5, 5.41) is 13.8. The Hall–Kier alpha value is -2.82. The van der Waals surface area contributed by atoms with E-state index in [1.807, 2.05) is 12.1 Å². The van der Waals surface area contributed by atoms with Crippen molar-refractivity contribution < 1.29 is 9.90 Å². The average molecular weight is 325 g/mol. The van der Waals surface area contributed by atoms with E-state index in [0.29, 0.717) is 5.75 Å². The number of benzene rings is 2. The third-order valence-corrected chi connectivity index (χ3v) is 3.64. The highest BCUT2D eigenvalue weighted by atomic mass is 16.3. The molecule has 24 heavy (non-hydrogen) atoms. The molecule has 1 unspecified atom stereocenters. The van der Waals surface area contributed by atoms with Crippen LogP contribution in [-0.2, 0) is 11.2 Å². The molecule has 1 heterocycles. The highest BCUT2D eigenvalue weighted by molar-refractivity contribution is 5.88. The summed E-state index contributed by atoms with van der Waals surface area (Å²) in [5.41, 5.74) is 12.6. The number of hydrazone groups is 1. The first kappa shape index (κ1) is 17.5. The second-order valence-corrected chi connectivity index (χ2v) is 5.93. The summed E-state index contributed by atoms with van der Waals surface area (Å²) in [6.45, 7) is 3.40. The van der Waals surface area contributed by atoms with Crippen LogP contribution in [0.4, 0.5) is 0 Å². The van der Waals surface area contributed by atoms with Gasteiger partial charge in [-0.15, -0.1) is 0 Å². The van der Waals surface area contributed by atoms with E-state index < -0.39 is 0 Å². The zero-order valence-corrected chi connectivity index (χ0v) is 14.0. The summed E-state index contributed by atoms with van der Waals surface area (Å²) in [5.74, 6) is -0.0347. The van der Waals surface area contributed by atoms with Crippen molar-refractivity contribution in [2.75, 3.05) is 0 Å². The van der Waals surface area contributed by atoms with Gasteiger partial charge in [-0.3, -0.25) is 4.79 Å². The van der Waals surface area contributed by atoms with Gasteiger partial charge in [-0.1, -0.05) is 42.0 Å². The van der Waals surface area contributed by atoms with Crippen molar-refractivity contribution in [2.24, 2.45) is 10.8 Å². The van der Waals surface area contributed by atoms with Crippen LogP contribution in [0, 0.1) is 6.92 Å². The number of hydrogen-bond donors (Lipinski definition) is 3. The van der Waals surface area contributed by atoms with Gasteiger partial charge in [0.25, 0.3) is 0 Å². The maximum absolute atomic E-state index is 9.32. The van der Waals surface area contributed by atoms with E-state index in [9.17, 15) is 9.90 Å². The molecule has 0 saturated carbocycles. The largest absolute Gasteiger partial charge is 0.508 e. The fraction of sp³-hybridized carbons (Fsp3) is 0.263. The maximum atomic E-state index is 9.32. The lowest BCUT2D eigenvalue weighted by molar-refractivity contribution is -0.115. The van der Waals surface area contributed by atoms with E-state index >= 15 is 0 Å². The van der Waals surface area contributed by atoms with E-state index in [-0.39, 0.29) is 11.9 Å². The molecule has 0 bridgehead atoms. The fourth-order valence-electron chi connectivity index (χ4n) is 2.45. The monoisotopic (exact) mass is 325 g/mol. The van der Waals surface area contributed by atoms with Crippen LogP contribution in [0.3, 0.4) is 0 Å². The van der Waals surface area contributed by atoms with Gasteiger partial charge < -0.3 is 16.3 Å². The lowest BCUT2D eigenvalue weighted by atomic mass is 9.99. The van der Waals surface area contributed by atoms with Crippen molar-refractivity contribution >= 4 is 11.6 Å². The Morgan fingerprint density at radius 2 is 1.79 bits per heavy atom. The molecule has 5 heteroatoms. The smallest absolute Gasteiger partial charge is 0.214 e. The molecule has 0 aliphatic carbocycles. The number of carbonyl (C=O) groups excluding carboxylic acids is 1. The first-order valence-corrected chi connectivity index (χ1v) is 7.85. The normalized spacial score (nSPS) is 15.8.